The van der Waals surface area contributed by atoms with E-state index >= 15 is 0 Å². The lowest BCUT2D eigenvalue weighted by Crippen LogP contribution is -2.55. The fraction of sp³-hybridized carbons (Fsp3) is 0.542. The van der Waals surface area contributed by atoms with Gasteiger partial charge in [0, 0.05) is 23.8 Å². The van der Waals surface area contributed by atoms with Gasteiger partial charge in [0.15, 0.2) is 0 Å². The summed E-state index contributed by atoms with van der Waals surface area (Å²) in [7, 11) is 0. The van der Waals surface area contributed by atoms with E-state index in [4.69, 9.17) is 9.47 Å². The molecule has 2 fully saturated rings. The van der Waals surface area contributed by atoms with Gasteiger partial charge in [-0.25, -0.2) is 0 Å². The highest BCUT2D eigenvalue weighted by Crippen LogP contribution is 2.63. The fourth-order valence-corrected chi connectivity index (χ4v) is 6.01. The molecule has 2 heterocycles. The minimum absolute atomic E-state index is 0.0787. The van der Waals surface area contributed by atoms with Crippen molar-refractivity contribution < 1.29 is 14.3 Å². The summed E-state index contributed by atoms with van der Waals surface area (Å²) in [6.45, 7) is 6.32. The zero-order chi connectivity index (χ0) is 18.8. The van der Waals surface area contributed by atoms with Crippen LogP contribution in [0, 0.1) is 23.7 Å². The topological polar surface area (TPSA) is 35.5 Å². The Bertz CT molecular complexity index is 904. The number of carbonyl (C=O) groups is 1. The van der Waals surface area contributed by atoms with Crippen molar-refractivity contribution in [2.45, 2.75) is 58.3 Å². The van der Waals surface area contributed by atoms with E-state index in [0.717, 1.165) is 18.6 Å². The zero-order valence-electron chi connectivity index (χ0n) is 16.4. The van der Waals surface area contributed by atoms with E-state index in [1.165, 1.54) is 22.8 Å². The molecule has 0 aromatic heterocycles. The number of ketones is 1. The number of rotatable bonds is 3. The van der Waals surface area contributed by atoms with Crippen LogP contribution in [0.3, 0.4) is 0 Å². The second-order valence-electron chi connectivity index (χ2n) is 8.93. The van der Waals surface area contributed by atoms with Crippen molar-refractivity contribution in [2.75, 3.05) is 0 Å². The van der Waals surface area contributed by atoms with Crippen molar-refractivity contribution in [1.29, 1.82) is 0 Å². The summed E-state index contributed by atoms with van der Waals surface area (Å²) >= 11 is 0. The Labute approximate surface area is 161 Å². The molecule has 2 aromatic rings. The third-order valence-corrected chi connectivity index (χ3v) is 7.37. The number of fused-ring (bicyclic) bond motifs is 5. The maximum atomic E-state index is 11.7. The molecule has 3 nitrogen and oxygen atoms in total. The van der Waals surface area contributed by atoms with Crippen LogP contribution in [-0.2, 0) is 9.53 Å². The quantitative estimate of drug-likeness (QED) is 0.704. The molecule has 0 unspecified atom stereocenters. The highest BCUT2D eigenvalue weighted by molar-refractivity contribution is 5.88. The fourth-order valence-electron chi connectivity index (χ4n) is 6.01. The summed E-state index contributed by atoms with van der Waals surface area (Å²) in [6, 6.07) is 12.8. The molecule has 142 valence electrons. The van der Waals surface area contributed by atoms with Gasteiger partial charge in [0.2, 0.25) is 5.79 Å². The number of benzene rings is 2. The average molecular weight is 364 g/mol. The van der Waals surface area contributed by atoms with E-state index < -0.39 is 5.79 Å². The Morgan fingerprint density at radius 2 is 1.96 bits per heavy atom. The number of hydrogen-bond donors (Lipinski definition) is 0. The van der Waals surface area contributed by atoms with E-state index in [-0.39, 0.29) is 17.8 Å². The average Bonchev–Trinajstić information content (AvgIpc) is 2.88. The van der Waals surface area contributed by atoms with Gasteiger partial charge in [0.25, 0.3) is 0 Å². The van der Waals surface area contributed by atoms with Crippen molar-refractivity contribution in [3.63, 3.8) is 0 Å². The minimum Gasteiger partial charge on any atom is -0.461 e. The van der Waals surface area contributed by atoms with E-state index in [0.29, 0.717) is 24.2 Å². The molecule has 1 aliphatic carbocycles. The first kappa shape index (κ1) is 17.2. The van der Waals surface area contributed by atoms with Crippen LogP contribution in [-0.4, -0.2) is 11.6 Å². The molecule has 3 aliphatic rings. The number of ether oxygens (including phenoxy) is 2. The molecule has 0 N–H and O–H groups in total. The lowest BCUT2D eigenvalue weighted by atomic mass is 9.66. The minimum atomic E-state index is -0.563. The second-order valence-corrected chi connectivity index (χ2v) is 8.93. The summed E-state index contributed by atoms with van der Waals surface area (Å²) in [4.78, 5) is 11.7. The molecular formula is C24H28O3. The number of hydrogen-bond acceptors (Lipinski definition) is 3. The highest BCUT2D eigenvalue weighted by atomic mass is 16.7. The van der Waals surface area contributed by atoms with Crippen LogP contribution >= 0.6 is 0 Å². The van der Waals surface area contributed by atoms with Crippen molar-refractivity contribution >= 4 is 16.6 Å². The first-order valence-corrected chi connectivity index (χ1v) is 10.4. The van der Waals surface area contributed by atoms with Crippen LogP contribution < -0.4 is 4.74 Å². The maximum Gasteiger partial charge on any atom is 0.217 e. The lowest BCUT2D eigenvalue weighted by molar-refractivity contribution is -0.261. The highest BCUT2D eigenvalue weighted by Gasteiger charge is 2.64. The van der Waals surface area contributed by atoms with Gasteiger partial charge in [-0.1, -0.05) is 44.2 Å². The van der Waals surface area contributed by atoms with Crippen molar-refractivity contribution in [1.82, 2.24) is 0 Å². The largest absolute Gasteiger partial charge is 0.461 e. The van der Waals surface area contributed by atoms with Gasteiger partial charge < -0.3 is 14.3 Å². The van der Waals surface area contributed by atoms with Gasteiger partial charge in [-0.3, -0.25) is 0 Å². The van der Waals surface area contributed by atoms with Gasteiger partial charge in [-0.2, -0.15) is 0 Å². The van der Waals surface area contributed by atoms with E-state index in [2.05, 4.69) is 50.2 Å². The molecule has 1 saturated heterocycles. The van der Waals surface area contributed by atoms with Crippen LogP contribution in [0.5, 0.6) is 5.75 Å². The summed E-state index contributed by atoms with van der Waals surface area (Å²) < 4.78 is 13.6. The van der Waals surface area contributed by atoms with Gasteiger partial charge in [0.1, 0.15) is 11.5 Å². The summed E-state index contributed by atoms with van der Waals surface area (Å²) in [5, 5.41) is 2.48. The van der Waals surface area contributed by atoms with Crippen LogP contribution in [0.15, 0.2) is 36.4 Å². The monoisotopic (exact) mass is 364 g/mol. The lowest BCUT2D eigenvalue weighted by Gasteiger charge is -2.49. The van der Waals surface area contributed by atoms with Gasteiger partial charge in [0.05, 0.1) is 6.10 Å². The van der Waals surface area contributed by atoms with Gasteiger partial charge in [-0.05, 0) is 54.9 Å². The predicted molar refractivity (Wildman–Crippen MR) is 106 cm³/mol. The molecule has 6 atom stereocenters. The third kappa shape index (κ3) is 2.40. The SMILES string of the molecule is CC(=O)CC[C@H]1[C@H](C)CC[C@H]2[C@@H](C)[C@H]3O[C@]21Oc1ccc2ccccc2c13. The van der Waals surface area contributed by atoms with Crippen LogP contribution in [0.1, 0.15) is 58.1 Å². The van der Waals surface area contributed by atoms with Crippen LogP contribution in [0.4, 0.5) is 0 Å². The summed E-state index contributed by atoms with van der Waals surface area (Å²) in [6.07, 6.45) is 3.88. The molecule has 0 radical (unpaired) electrons. The van der Waals surface area contributed by atoms with Crippen molar-refractivity contribution in [3.05, 3.63) is 42.0 Å². The molecule has 2 aliphatic heterocycles. The molecule has 5 rings (SSSR count). The Morgan fingerprint density at radius 3 is 2.78 bits per heavy atom. The van der Waals surface area contributed by atoms with Crippen molar-refractivity contribution in [3.8, 4) is 5.75 Å². The standard InChI is InChI=1S/C24H28O3/c1-14-8-11-20-16(3)23-22-18-7-5-4-6-17(18)10-13-21(22)26-24(20,27-23)19(14)12-9-15(2)25/h4-7,10,13-14,16,19-20,23H,8-9,11-12H2,1-3H3/t14-,16-,19+,20+,23-,24+/m1/s1. The maximum absolute atomic E-state index is 11.7. The Morgan fingerprint density at radius 1 is 1.15 bits per heavy atom. The first-order valence-electron chi connectivity index (χ1n) is 10.4. The zero-order valence-corrected chi connectivity index (χ0v) is 16.4. The third-order valence-electron chi connectivity index (χ3n) is 7.37. The molecular weight excluding hydrogens is 336 g/mol. The van der Waals surface area contributed by atoms with E-state index in [9.17, 15) is 4.79 Å². The molecule has 1 saturated carbocycles. The molecule has 27 heavy (non-hydrogen) atoms. The van der Waals surface area contributed by atoms with Gasteiger partial charge in [-0.15, -0.1) is 0 Å². The second kappa shape index (κ2) is 6.07. The Hall–Kier alpha value is -1.87. The van der Waals surface area contributed by atoms with Crippen molar-refractivity contribution in [2.24, 2.45) is 23.7 Å². The molecule has 2 aromatic carbocycles. The number of Topliss-reactive ketones (excluding diaryl/α,β-unsaturated/α-hetero) is 1. The molecule has 1 spiro atoms. The number of carbonyl (C=O) groups excluding carboxylic acids is 1. The molecule has 2 bridgehead atoms. The Balaban J connectivity index is 1.63. The van der Waals surface area contributed by atoms with Crippen LogP contribution in [0.25, 0.3) is 10.8 Å². The normalized spacial score (nSPS) is 36.8. The molecule has 3 heteroatoms. The Kier molecular flexibility index (Phi) is 3.87. The molecule has 0 amide bonds. The predicted octanol–water partition coefficient (Wildman–Crippen LogP) is 5.67. The smallest absolute Gasteiger partial charge is 0.217 e. The van der Waals surface area contributed by atoms with E-state index in [1.54, 1.807) is 6.92 Å². The van der Waals surface area contributed by atoms with Crippen LogP contribution in [0.2, 0.25) is 0 Å². The van der Waals surface area contributed by atoms with Gasteiger partial charge >= 0.3 is 0 Å². The van der Waals surface area contributed by atoms with E-state index in [1.807, 2.05) is 0 Å². The first-order chi connectivity index (χ1) is 13.0. The summed E-state index contributed by atoms with van der Waals surface area (Å²) in [5.74, 6) is 2.27. The summed E-state index contributed by atoms with van der Waals surface area (Å²) in [5.41, 5.74) is 1.22.